The van der Waals surface area contributed by atoms with Crippen molar-refractivity contribution in [1.29, 1.82) is 0 Å². The number of aryl methyl sites for hydroxylation is 1. The average Bonchev–Trinajstić information content (AvgIpc) is 2.21. The molecule has 0 aliphatic carbocycles. The van der Waals surface area contributed by atoms with Gasteiger partial charge in [-0.2, -0.15) is 0 Å². The predicted octanol–water partition coefficient (Wildman–Crippen LogP) is 3.37. The molecule has 1 aromatic rings. The van der Waals surface area contributed by atoms with Gasteiger partial charge < -0.3 is 10.5 Å². The minimum absolute atomic E-state index is 0.648. The lowest BCUT2D eigenvalue weighted by molar-refractivity contribution is 0.338. The highest BCUT2D eigenvalue weighted by molar-refractivity contribution is 14.2. The minimum Gasteiger partial charge on any atom is -0.494 e. The van der Waals surface area contributed by atoms with Crippen molar-refractivity contribution in [3.8, 4) is 16.9 Å². The van der Waals surface area contributed by atoms with Crippen LogP contribution in [0.4, 0.5) is 5.69 Å². The Balaban J connectivity index is 3.07. The summed E-state index contributed by atoms with van der Waals surface area (Å²) in [6, 6.07) is 3.79. The summed E-state index contributed by atoms with van der Waals surface area (Å²) in [4.78, 5) is 0. The molecule has 4 heteroatoms. The molecule has 0 spiro atoms. The van der Waals surface area contributed by atoms with E-state index in [1.807, 2.05) is 26.0 Å². The largest absolute Gasteiger partial charge is 0.494 e. The van der Waals surface area contributed by atoms with Crippen LogP contribution in [0.3, 0.4) is 0 Å². The highest BCUT2D eigenvalue weighted by Crippen LogP contribution is 2.24. The topological polar surface area (TPSA) is 35.2 Å². The van der Waals surface area contributed by atoms with Gasteiger partial charge in [0.15, 0.2) is 0 Å². The van der Waals surface area contributed by atoms with E-state index in [0.29, 0.717) is 12.3 Å². The van der Waals surface area contributed by atoms with E-state index in [0.717, 1.165) is 16.9 Å². The van der Waals surface area contributed by atoms with Crippen LogP contribution < -0.4 is 10.5 Å². The van der Waals surface area contributed by atoms with Crippen LogP contribution in [0.2, 0.25) is 0 Å². The van der Waals surface area contributed by atoms with Gasteiger partial charge in [-0.3, -0.25) is 0 Å². The standard InChI is InChI=1S/C11H12INOS/c1-3-14-11-7-10(13)9(4-5-15-12)6-8(11)2/h6-7H,3,13H2,1-2H3. The molecule has 0 aliphatic heterocycles. The first-order chi connectivity index (χ1) is 7.19. The first-order valence-electron chi connectivity index (χ1n) is 4.50. The number of nitrogens with two attached hydrogens (primary N) is 1. The lowest BCUT2D eigenvalue weighted by Crippen LogP contribution is -1.98. The van der Waals surface area contributed by atoms with Crippen molar-refractivity contribution in [1.82, 2.24) is 0 Å². The van der Waals surface area contributed by atoms with E-state index in [-0.39, 0.29) is 0 Å². The van der Waals surface area contributed by atoms with Crippen molar-refractivity contribution in [3.05, 3.63) is 23.3 Å². The molecular formula is C11H12INOS. The van der Waals surface area contributed by atoms with Crippen LogP contribution in [0.1, 0.15) is 18.1 Å². The van der Waals surface area contributed by atoms with Crippen molar-refractivity contribution >= 4 is 35.8 Å². The highest BCUT2D eigenvalue weighted by Gasteiger charge is 2.03. The number of ether oxygens (including phenoxy) is 1. The normalized spacial score (nSPS) is 9.27. The monoisotopic (exact) mass is 333 g/mol. The average molecular weight is 333 g/mol. The second-order valence-electron chi connectivity index (χ2n) is 2.94. The van der Waals surface area contributed by atoms with Gasteiger partial charge in [0.1, 0.15) is 5.75 Å². The Labute approximate surface area is 107 Å². The van der Waals surface area contributed by atoms with Gasteiger partial charge >= 0.3 is 0 Å². The summed E-state index contributed by atoms with van der Waals surface area (Å²) in [5.41, 5.74) is 8.46. The van der Waals surface area contributed by atoms with Gasteiger partial charge in [0.25, 0.3) is 0 Å². The molecule has 0 unspecified atom stereocenters. The molecule has 0 radical (unpaired) electrons. The molecule has 0 atom stereocenters. The van der Waals surface area contributed by atoms with Crippen LogP contribution in [0.15, 0.2) is 12.1 Å². The number of anilines is 1. The number of hydrogen-bond donors (Lipinski definition) is 1. The zero-order valence-corrected chi connectivity index (χ0v) is 11.6. The van der Waals surface area contributed by atoms with Crippen molar-refractivity contribution < 1.29 is 4.74 Å². The van der Waals surface area contributed by atoms with Crippen LogP contribution in [0.5, 0.6) is 5.75 Å². The molecule has 0 bridgehead atoms. The van der Waals surface area contributed by atoms with Gasteiger partial charge in [0.2, 0.25) is 0 Å². The molecule has 0 fully saturated rings. The minimum atomic E-state index is 0.648. The van der Waals surface area contributed by atoms with Gasteiger partial charge in [0.05, 0.1) is 12.3 Å². The van der Waals surface area contributed by atoms with E-state index < -0.39 is 0 Å². The second-order valence-corrected chi connectivity index (χ2v) is 4.62. The Kier molecular flexibility index (Phi) is 5.12. The van der Waals surface area contributed by atoms with Gasteiger partial charge in [-0.05, 0) is 39.7 Å². The number of rotatable bonds is 2. The first-order valence-corrected chi connectivity index (χ1v) is 7.86. The zero-order valence-electron chi connectivity index (χ0n) is 8.63. The molecule has 1 rings (SSSR count). The fourth-order valence-electron chi connectivity index (χ4n) is 1.20. The molecule has 0 aliphatic rings. The van der Waals surface area contributed by atoms with Crippen molar-refractivity contribution in [2.45, 2.75) is 13.8 Å². The van der Waals surface area contributed by atoms with Crippen LogP contribution in [0, 0.1) is 18.1 Å². The Bertz CT molecular complexity index is 409. The number of nitrogen functional groups attached to an aromatic ring is 1. The lowest BCUT2D eigenvalue weighted by atomic mass is 10.1. The number of halogens is 1. The molecule has 15 heavy (non-hydrogen) atoms. The summed E-state index contributed by atoms with van der Waals surface area (Å²) in [5.74, 6) is 3.83. The fraction of sp³-hybridized carbons (Fsp3) is 0.273. The summed E-state index contributed by atoms with van der Waals surface area (Å²) in [6.45, 7) is 4.60. The molecular weight excluding hydrogens is 321 g/mol. The molecule has 0 aromatic heterocycles. The molecule has 2 N–H and O–H groups in total. The quantitative estimate of drug-likeness (QED) is 0.512. The van der Waals surface area contributed by atoms with Gasteiger partial charge in [0, 0.05) is 32.8 Å². The summed E-state index contributed by atoms with van der Waals surface area (Å²) >= 11 is 2.13. The highest BCUT2D eigenvalue weighted by atomic mass is 127. The van der Waals surface area contributed by atoms with Gasteiger partial charge in [-0.1, -0.05) is 5.92 Å². The molecule has 1 aromatic carbocycles. The van der Waals surface area contributed by atoms with Crippen molar-refractivity contribution in [2.75, 3.05) is 12.3 Å². The summed E-state index contributed by atoms with van der Waals surface area (Å²) in [6.07, 6.45) is 0. The Hall–Kier alpha value is -0.540. The van der Waals surface area contributed by atoms with Crippen LogP contribution in [0.25, 0.3) is 0 Å². The third kappa shape index (κ3) is 3.50. The van der Waals surface area contributed by atoms with Crippen LogP contribution >= 0.6 is 30.1 Å². The number of hydrogen-bond acceptors (Lipinski definition) is 3. The van der Waals surface area contributed by atoms with E-state index >= 15 is 0 Å². The molecule has 0 amide bonds. The predicted molar refractivity (Wildman–Crippen MR) is 75.2 cm³/mol. The number of benzene rings is 1. The van der Waals surface area contributed by atoms with Gasteiger partial charge in [-0.25, -0.2) is 0 Å². The van der Waals surface area contributed by atoms with E-state index in [1.54, 1.807) is 0 Å². The SMILES string of the molecule is CCOc1cc(N)c(C#CSI)cc1C. The zero-order chi connectivity index (χ0) is 11.3. The third-order valence-corrected chi connectivity index (χ3v) is 2.71. The summed E-state index contributed by atoms with van der Waals surface area (Å²) < 4.78 is 5.44. The molecule has 2 nitrogen and oxygen atoms in total. The Morgan fingerprint density at radius 3 is 2.87 bits per heavy atom. The van der Waals surface area contributed by atoms with Crippen LogP contribution in [-0.2, 0) is 0 Å². The van der Waals surface area contributed by atoms with E-state index in [9.17, 15) is 0 Å². The first kappa shape index (κ1) is 12.5. The summed E-state index contributed by atoms with van der Waals surface area (Å²) in [7, 11) is 1.45. The lowest BCUT2D eigenvalue weighted by Gasteiger charge is -2.09. The maximum atomic E-state index is 5.87. The third-order valence-electron chi connectivity index (χ3n) is 1.87. The van der Waals surface area contributed by atoms with Crippen molar-refractivity contribution in [3.63, 3.8) is 0 Å². The van der Waals surface area contributed by atoms with E-state index in [2.05, 4.69) is 32.4 Å². The fourth-order valence-corrected chi connectivity index (χ4v) is 1.68. The smallest absolute Gasteiger partial charge is 0.124 e. The van der Waals surface area contributed by atoms with Gasteiger partial charge in [-0.15, -0.1) is 0 Å². The Morgan fingerprint density at radius 2 is 2.27 bits per heavy atom. The molecule has 0 saturated carbocycles. The Morgan fingerprint density at radius 1 is 1.53 bits per heavy atom. The molecule has 0 saturated heterocycles. The molecule has 0 heterocycles. The van der Waals surface area contributed by atoms with E-state index in [4.69, 9.17) is 10.5 Å². The van der Waals surface area contributed by atoms with Crippen LogP contribution in [-0.4, -0.2) is 6.61 Å². The second kappa shape index (κ2) is 6.13. The summed E-state index contributed by atoms with van der Waals surface area (Å²) in [5, 5.41) is 2.92. The molecule has 80 valence electrons. The maximum absolute atomic E-state index is 5.87. The maximum Gasteiger partial charge on any atom is 0.124 e. The van der Waals surface area contributed by atoms with E-state index in [1.165, 1.54) is 8.93 Å². The van der Waals surface area contributed by atoms with Crippen molar-refractivity contribution in [2.24, 2.45) is 0 Å².